The summed E-state index contributed by atoms with van der Waals surface area (Å²) in [6.07, 6.45) is 3.36. The number of hydrogen-bond donors (Lipinski definition) is 1. The first-order valence-corrected chi connectivity index (χ1v) is 8.24. The first kappa shape index (κ1) is 14.8. The molecule has 0 aromatic carbocycles. The molecule has 1 aromatic heterocycles. The second-order valence-corrected chi connectivity index (χ2v) is 7.05. The van der Waals surface area contributed by atoms with Gasteiger partial charge in [0.15, 0.2) is 5.13 Å². The minimum absolute atomic E-state index is 0.125. The fourth-order valence-corrected chi connectivity index (χ4v) is 4.08. The Morgan fingerprint density at radius 2 is 2.11 bits per heavy atom. The molecule has 0 radical (unpaired) electrons. The second kappa shape index (κ2) is 6.23. The summed E-state index contributed by atoms with van der Waals surface area (Å²) in [5.74, 6) is 1.43. The Hall–Kier alpha value is -0.610. The Balaban J connectivity index is 2.24. The minimum atomic E-state index is 0.125. The topological polar surface area (TPSA) is 36.4 Å². The lowest BCUT2D eigenvalue weighted by atomic mass is 9.86. The van der Waals surface area contributed by atoms with Crippen LogP contribution in [0.1, 0.15) is 51.1 Å². The van der Waals surface area contributed by atoms with Gasteiger partial charge in [-0.15, -0.1) is 0 Å². The zero-order chi connectivity index (χ0) is 14.0. The van der Waals surface area contributed by atoms with Crippen molar-refractivity contribution in [2.75, 3.05) is 11.4 Å². The smallest absolute Gasteiger partial charge is 0.186 e. The Bertz CT molecular complexity index is 418. The summed E-state index contributed by atoms with van der Waals surface area (Å²) >= 11 is 1.68. The summed E-state index contributed by atoms with van der Waals surface area (Å²) in [5, 5.41) is 10.6. The zero-order valence-electron chi connectivity index (χ0n) is 12.5. The molecule has 3 nitrogen and oxygen atoms in total. The molecule has 0 bridgehead atoms. The van der Waals surface area contributed by atoms with Crippen LogP contribution in [0.2, 0.25) is 0 Å². The SMILES string of the molecule is CCCc1nc(N2CC(C)CC(C)C2C)sc1CO. The van der Waals surface area contributed by atoms with Crippen LogP contribution in [0.4, 0.5) is 5.13 Å². The van der Waals surface area contributed by atoms with Gasteiger partial charge in [0.1, 0.15) is 0 Å². The Labute approximate surface area is 120 Å². The number of hydrogen-bond acceptors (Lipinski definition) is 4. The van der Waals surface area contributed by atoms with E-state index in [0.29, 0.717) is 12.0 Å². The highest BCUT2D eigenvalue weighted by molar-refractivity contribution is 7.15. The van der Waals surface area contributed by atoms with Crippen LogP contribution >= 0.6 is 11.3 Å². The predicted octanol–water partition coefficient (Wildman–Crippen LogP) is 3.46. The molecule has 2 rings (SSSR count). The number of aryl methyl sites for hydroxylation is 1. The van der Waals surface area contributed by atoms with Crippen LogP contribution in [0.5, 0.6) is 0 Å². The number of anilines is 1. The number of aliphatic hydroxyl groups is 1. The van der Waals surface area contributed by atoms with Crippen molar-refractivity contribution in [3.63, 3.8) is 0 Å². The standard InChI is InChI=1S/C15H26N2OS/c1-5-6-13-14(9-18)19-15(16-13)17-8-10(2)7-11(3)12(17)4/h10-12,18H,5-9H2,1-4H3. The van der Waals surface area contributed by atoms with Gasteiger partial charge in [-0.25, -0.2) is 4.98 Å². The van der Waals surface area contributed by atoms with E-state index in [0.717, 1.165) is 41.0 Å². The van der Waals surface area contributed by atoms with Gasteiger partial charge in [0.25, 0.3) is 0 Å². The van der Waals surface area contributed by atoms with E-state index in [1.54, 1.807) is 11.3 Å². The highest BCUT2D eigenvalue weighted by Gasteiger charge is 2.31. The molecule has 3 unspecified atom stereocenters. The quantitative estimate of drug-likeness (QED) is 0.919. The van der Waals surface area contributed by atoms with E-state index in [9.17, 15) is 5.11 Å². The maximum absolute atomic E-state index is 9.48. The molecule has 2 heterocycles. The van der Waals surface area contributed by atoms with Crippen molar-refractivity contribution in [3.05, 3.63) is 10.6 Å². The molecule has 1 aliphatic rings. The molecule has 1 saturated heterocycles. The molecule has 3 atom stereocenters. The largest absolute Gasteiger partial charge is 0.391 e. The maximum atomic E-state index is 9.48. The van der Waals surface area contributed by atoms with Crippen LogP contribution in [0, 0.1) is 11.8 Å². The minimum Gasteiger partial charge on any atom is -0.391 e. The van der Waals surface area contributed by atoms with Crippen LogP contribution in [0.3, 0.4) is 0 Å². The molecule has 108 valence electrons. The normalized spacial score (nSPS) is 27.8. The molecule has 1 aromatic rings. The summed E-state index contributed by atoms with van der Waals surface area (Å²) in [4.78, 5) is 8.30. The third-order valence-electron chi connectivity index (χ3n) is 4.24. The first-order valence-electron chi connectivity index (χ1n) is 7.42. The van der Waals surface area contributed by atoms with Gasteiger partial charge < -0.3 is 10.0 Å². The van der Waals surface area contributed by atoms with Gasteiger partial charge in [0.05, 0.1) is 17.2 Å². The van der Waals surface area contributed by atoms with Crippen LogP contribution in [-0.2, 0) is 13.0 Å². The van der Waals surface area contributed by atoms with E-state index in [2.05, 4.69) is 32.6 Å². The zero-order valence-corrected chi connectivity index (χ0v) is 13.3. The van der Waals surface area contributed by atoms with Gasteiger partial charge in [-0.2, -0.15) is 0 Å². The second-order valence-electron chi connectivity index (χ2n) is 5.99. The highest BCUT2D eigenvalue weighted by Crippen LogP contribution is 2.35. The Morgan fingerprint density at radius 3 is 2.74 bits per heavy atom. The van der Waals surface area contributed by atoms with Gasteiger partial charge in [-0.05, 0) is 31.6 Å². The van der Waals surface area contributed by atoms with E-state index in [-0.39, 0.29) is 6.61 Å². The molecule has 0 saturated carbocycles. The maximum Gasteiger partial charge on any atom is 0.186 e. The van der Waals surface area contributed by atoms with E-state index in [1.165, 1.54) is 6.42 Å². The van der Waals surface area contributed by atoms with Crippen molar-refractivity contribution in [1.82, 2.24) is 4.98 Å². The summed E-state index contributed by atoms with van der Waals surface area (Å²) in [5.41, 5.74) is 1.10. The lowest BCUT2D eigenvalue weighted by Gasteiger charge is -2.41. The van der Waals surface area contributed by atoms with Crippen molar-refractivity contribution in [1.29, 1.82) is 0 Å². The molecule has 0 spiro atoms. The summed E-state index contributed by atoms with van der Waals surface area (Å²) in [6.45, 7) is 10.3. The van der Waals surface area contributed by atoms with Gasteiger partial charge in [0, 0.05) is 12.6 Å². The summed E-state index contributed by atoms with van der Waals surface area (Å²) in [7, 11) is 0. The van der Waals surface area contributed by atoms with Crippen LogP contribution in [0.15, 0.2) is 0 Å². The molecular formula is C15H26N2OS. The number of piperidine rings is 1. The molecule has 4 heteroatoms. The molecule has 0 amide bonds. The third kappa shape index (κ3) is 3.11. The first-order chi connectivity index (χ1) is 9.06. The van der Waals surface area contributed by atoms with E-state index in [4.69, 9.17) is 4.98 Å². The third-order valence-corrected chi connectivity index (χ3v) is 5.36. The van der Waals surface area contributed by atoms with Crippen LogP contribution < -0.4 is 4.90 Å². The van der Waals surface area contributed by atoms with Crippen molar-refractivity contribution in [2.45, 2.75) is 59.6 Å². The average Bonchev–Trinajstić information content (AvgIpc) is 2.77. The predicted molar refractivity (Wildman–Crippen MR) is 81.8 cm³/mol. The lowest BCUT2D eigenvalue weighted by molar-refractivity contribution is 0.284. The molecular weight excluding hydrogens is 256 g/mol. The Morgan fingerprint density at radius 1 is 1.37 bits per heavy atom. The van der Waals surface area contributed by atoms with Gasteiger partial charge in [0.2, 0.25) is 0 Å². The van der Waals surface area contributed by atoms with Gasteiger partial charge in [-0.1, -0.05) is 38.5 Å². The Kier molecular flexibility index (Phi) is 4.85. The van der Waals surface area contributed by atoms with Crippen molar-refractivity contribution >= 4 is 16.5 Å². The van der Waals surface area contributed by atoms with Crippen molar-refractivity contribution in [3.8, 4) is 0 Å². The summed E-state index contributed by atoms with van der Waals surface area (Å²) in [6, 6.07) is 0.545. The van der Waals surface area contributed by atoms with E-state index >= 15 is 0 Å². The lowest BCUT2D eigenvalue weighted by Crippen LogP contribution is -2.45. The highest BCUT2D eigenvalue weighted by atomic mass is 32.1. The molecule has 1 N–H and O–H groups in total. The number of nitrogens with zero attached hydrogens (tertiary/aromatic N) is 2. The molecule has 1 aliphatic heterocycles. The monoisotopic (exact) mass is 282 g/mol. The average molecular weight is 282 g/mol. The molecule has 19 heavy (non-hydrogen) atoms. The molecule has 1 fully saturated rings. The van der Waals surface area contributed by atoms with Crippen LogP contribution in [-0.4, -0.2) is 22.7 Å². The summed E-state index contributed by atoms with van der Waals surface area (Å²) < 4.78 is 0. The fourth-order valence-electron chi connectivity index (χ4n) is 3.02. The van der Waals surface area contributed by atoms with E-state index < -0.39 is 0 Å². The van der Waals surface area contributed by atoms with Gasteiger partial charge in [-0.3, -0.25) is 0 Å². The van der Waals surface area contributed by atoms with Gasteiger partial charge >= 0.3 is 0 Å². The van der Waals surface area contributed by atoms with Crippen LogP contribution in [0.25, 0.3) is 0 Å². The van der Waals surface area contributed by atoms with Crippen molar-refractivity contribution < 1.29 is 5.11 Å². The number of aromatic nitrogens is 1. The fraction of sp³-hybridized carbons (Fsp3) is 0.800. The molecule has 0 aliphatic carbocycles. The number of aliphatic hydroxyl groups excluding tert-OH is 1. The number of rotatable bonds is 4. The van der Waals surface area contributed by atoms with Crippen molar-refractivity contribution in [2.24, 2.45) is 11.8 Å². The number of thiazole rings is 1. The van der Waals surface area contributed by atoms with E-state index in [1.807, 2.05) is 0 Å².